The highest BCUT2D eigenvalue weighted by atomic mass is 16.5. The standard InChI is InChI=1S/C14H20O2/c1-9-7-12(14(8-15)5-6-14)10(2)11(3)13(9)16-4/h7,15H,5-6,8H2,1-4H3. The smallest absolute Gasteiger partial charge is 0.124 e. The topological polar surface area (TPSA) is 29.5 Å². The summed E-state index contributed by atoms with van der Waals surface area (Å²) in [7, 11) is 1.72. The van der Waals surface area contributed by atoms with E-state index in [9.17, 15) is 5.11 Å². The van der Waals surface area contributed by atoms with Crippen molar-refractivity contribution in [2.24, 2.45) is 0 Å². The molecular formula is C14H20O2. The van der Waals surface area contributed by atoms with E-state index in [2.05, 4.69) is 26.8 Å². The van der Waals surface area contributed by atoms with Crippen molar-refractivity contribution in [3.8, 4) is 5.75 Å². The molecule has 1 saturated carbocycles. The van der Waals surface area contributed by atoms with Crippen LogP contribution in [0.5, 0.6) is 5.75 Å². The Morgan fingerprint density at radius 1 is 1.25 bits per heavy atom. The van der Waals surface area contributed by atoms with E-state index in [0.29, 0.717) is 0 Å². The summed E-state index contributed by atoms with van der Waals surface area (Å²) in [4.78, 5) is 0. The Balaban J connectivity index is 2.57. The second kappa shape index (κ2) is 3.77. The molecule has 1 aromatic rings. The first-order chi connectivity index (χ1) is 7.55. The number of aliphatic hydroxyl groups is 1. The fraction of sp³-hybridized carbons (Fsp3) is 0.571. The second-order valence-corrected chi connectivity index (χ2v) is 4.96. The van der Waals surface area contributed by atoms with Gasteiger partial charge in [-0.3, -0.25) is 0 Å². The molecule has 2 heteroatoms. The average molecular weight is 220 g/mol. The van der Waals surface area contributed by atoms with Gasteiger partial charge in [-0.15, -0.1) is 0 Å². The minimum absolute atomic E-state index is 0.0475. The summed E-state index contributed by atoms with van der Waals surface area (Å²) in [5, 5.41) is 9.51. The zero-order valence-electron chi connectivity index (χ0n) is 10.6. The lowest BCUT2D eigenvalue weighted by Crippen LogP contribution is -2.15. The Kier molecular flexibility index (Phi) is 2.70. The maximum Gasteiger partial charge on any atom is 0.124 e. The van der Waals surface area contributed by atoms with Gasteiger partial charge in [0.05, 0.1) is 13.7 Å². The fourth-order valence-corrected chi connectivity index (χ4v) is 2.59. The molecule has 0 unspecified atom stereocenters. The molecule has 2 nitrogen and oxygen atoms in total. The predicted molar refractivity (Wildman–Crippen MR) is 65.2 cm³/mol. The van der Waals surface area contributed by atoms with Crippen LogP contribution in [-0.4, -0.2) is 18.8 Å². The minimum atomic E-state index is 0.0475. The largest absolute Gasteiger partial charge is 0.496 e. The molecule has 1 aliphatic rings. The summed E-state index contributed by atoms with van der Waals surface area (Å²) in [6, 6.07) is 2.18. The summed E-state index contributed by atoms with van der Waals surface area (Å²) in [6.45, 7) is 6.56. The SMILES string of the molecule is COc1c(C)cc(C2(CO)CC2)c(C)c1C. The van der Waals surface area contributed by atoms with E-state index < -0.39 is 0 Å². The molecule has 0 atom stereocenters. The van der Waals surface area contributed by atoms with Crippen molar-refractivity contribution in [2.45, 2.75) is 39.0 Å². The zero-order chi connectivity index (χ0) is 11.9. The van der Waals surface area contributed by atoms with E-state index >= 15 is 0 Å². The molecule has 0 spiro atoms. The molecule has 0 aliphatic heterocycles. The van der Waals surface area contributed by atoms with Crippen molar-refractivity contribution in [3.05, 3.63) is 28.3 Å². The highest BCUT2D eigenvalue weighted by Crippen LogP contribution is 2.50. The van der Waals surface area contributed by atoms with Gasteiger partial charge in [-0.1, -0.05) is 6.07 Å². The molecule has 1 aromatic carbocycles. The molecule has 0 bridgehead atoms. The molecule has 2 rings (SSSR count). The van der Waals surface area contributed by atoms with E-state index in [1.807, 2.05) is 0 Å². The number of rotatable bonds is 3. The van der Waals surface area contributed by atoms with Gasteiger partial charge in [-0.2, -0.15) is 0 Å². The van der Waals surface area contributed by atoms with E-state index in [4.69, 9.17) is 4.74 Å². The van der Waals surface area contributed by atoms with Gasteiger partial charge in [0.2, 0.25) is 0 Å². The van der Waals surface area contributed by atoms with Gasteiger partial charge in [0, 0.05) is 5.41 Å². The van der Waals surface area contributed by atoms with Crippen LogP contribution in [0.4, 0.5) is 0 Å². The van der Waals surface area contributed by atoms with E-state index in [0.717, 1.165) is 18.6 Å². The lowest BCUT2D eigenvalue weighted by molar-refractivity contribution is 0.254. The van der Waals surface area contributed by atoms with Gasteiger partial charge in [0.1, 0.15) is 5.75 Å². The van der Waals surface area contributed by atoms with Crippen LogP contribution < -0.4 is 4.74 Å². The Bertz CT molecular complexity index is 417. The van der Waals surface area contributed by atoms with Crippen LogP contribution in [0.15, 0.2) is 6.07 Å². The third kappa shape index (κ3) is 1.52. The zero-order valence-corrected chi connectivity index (χ0v) is 10.6. The van der Waals surface area contributed by atoms with Crippen LogP contribution in [0, 0.1) is 20.8 Å². The van der Waals surface area contributed by atoms with Crippen molar-refractivity contribution >= 4 is 0 Å². The summed E-state index contributed by atoms with van der Waals surface area (Å²) in [5.41, 5.74) is 5.00. The van der Waals surface area contributed by atoms with Crippen LogP contribution in [0.3, 0.4) is 0 Å². The van der Waals surface area contributed by atoms with Crippen LogP contribution >= 0.6 is 0 Å². The summed E-state index contributed by atoms with van der Waals surface area (Å²) >= 11 is 0. The van der Waals surface area contributed by atoms with E-state index in [1.165, 1.54) is 22.3 Å². The van der Waals surface area contributed by atoms with Crippen molar-refractivity contribution < 1.29 is 9.84 Å². The van der Waals surface area contributed by atoms with Crippen LogP contribution in [-0.2, 0) is 5.41 Å². The van der Waals surface area contributed by atoms with Crippen LogP contribution in [0.25, 0.3) is 0 Å². The highest BCUT2D eigenvalue weighted by Gasteiger charge is 2.45. The van der Waals surface area contributed by atoms with Crippen molar-refractivity contribution in [1.29, 1.82) is 0 Å². The van der Waals surface area contributed by atoms with Gasteiger partial charge >= 0.3 is 0 Å². The third-order valence-electron chi connectivity index (χ3n) is 3.96. The number of methoxy groups -OCH3 is 1. The lowest BCUT2D eigenvalue weighted by Gasteiger charge is -2.20. The quantitative estimate of drug-likeness (QED) is 0.848. The molecule has 0 aromatic heterocycles. The van der Waals surface area contributed by atoms with Crippen molar-refractivity contribution in [1.82, 2.24) is 0 Å². The normalized spacial score (nSPS) is 17.3. The number of benzene rings is 1. The first-order valence-corrected chi connectivity index (χ1v) is 5.82. The lowest BCUT2D eigenvalue weighted by atomic mass is 9.88. The van der Waals surface area contributed by atoms with E-state index in [-0.39, 0.29) is 12.0 Å². The fourth-order valence-electron chi connectivity index (χ4n) is 2.59. The first-order valence-electron chi connectivity index (χ1n) is 5.82. The number of aryl methyl sites for hydroxylation is 1. The van der Waals surface area contributed by atoms with Crippen LogP contribution in [0.2, 0.25) is 0 Å². The Morgan fingerprint density at radius 3 is 2.31 bits per heavy atom. The molecule has 1 fully saturated rings. The van der Waals surface area contributed by atoms with Gasteiger partial charge in [0.25, 0.3) is 0 Å². The average Bonchev–Trinajstić information content (AvgIpc) is 3.05. The molecule has 1 N–H and O–H groups in total. The third-order valence-corrected chi connectivity index (χ3v) is 3.96. The summed E-state index contributed by atoms with van der Waals surface area (Å²) in [5.74, 6) is 0.981. The van der Waals surface area contributed by atoms with Gasteiger partial charge < -0.3 is 9.84 Å². The molecule has 0 radical (unpaired) electrons. The first kappa shape index (κ1) is 11.5. The van der Waals surface area contributed by atoms with Gasteiger partial charge in [-0.25, -0.2) is 0 Å². The highest BCUT2D eigenvalue weighted by molar-refractivity contribution is 5.52. The Morgan fingerprint density at radius 2 is 1.88 bits per heavy atom. The summed E-state index contributed by atoms with van der Waals surface area (Å²) in [6.07, 6.45) is 2.21. The molecule has 0 saturated heterocycles. The summed E-state index contributed by atoms with van der Waals surface area (Å²) < 4.78 is 5.42. The molecule has 88 valence electrons. The monoisotopic (exact) mass is 220 g/mol. The molecule has 0 amide bonds. The maximum atomic E-state index is 9.51. The predicted octanol–water partition coefficient (Wildman–Crippen LogP) is 2.64. The maximum absolute atomic E-state index is 9.51. The molecule has 16 heavy (non-hydrogen) atoms. The molecular weight excluding hydrogens is 200 g/mol. The Labute approximate surface area is 97.3 Å². The van der Waals surface area contributed by atoms with Gasteiger partial charge in [-0.05, 0) is 55.9 Å². The number of ether oxygens (including phenoxy) is 1. The number of aliphatic hydroxyl groups excluding tert-OH is 1. The Hall–Kier alpha value is -1.02. The van der Waals surface area contributed by atoms with Gasteiger partial charge in [0.15, 0.2) is 0 Å². The van der Waals surface area contributed by atoms with E-state index in [1.54, 1.807) is 7.11 Å². The second-order valence-electron chi connectivity index (χ2n) is 4.96. The number of hydrogen-bond acceptors (Lipinski definition) is 2. The van der Waals surface area contributed by atoms with Crippen molar-refractivity contribution in [2.75, 3.05) is 13.7 Å². The van der Waals surface area contributed by atoms with Crippen LogP contribution in [0.1, 0.15) is 35.1 Å². The minimum Gasteiger partial charge on any atom is -0.496 e. The number of hydrogen-bond donors (Lipinski definition) is 1. The molecule has 0 heterocycles. The van der Waals surface area contributed by atoms with Crippen molar-refractivity contribution in [3.63, 3.8) is 0 Å². The molecule has 1 aliphatic carbocycles.